The molecule has 3 nitrogen and oxygen atoms in total. The number of quaternary nitrogens is 1. The molecule has 0 radical (unpaired) electrons. The predicted octanol–water partition coefficient (Wildman–Crippen LogP) is 3.50. The van der Waals surface area contributed by atoms with Crippen molar-refractivity contribution in [2.24, 2.45) is 0 Å². The fourth-order valence-electron chi connectivity index (χ4n) is 4.17. The lowest BCUT2D eigenvalue weighted by molar-refractivity contribution is -0.896. The Morgan fingerprint density at radius 1 is 0.920 bits per heavy atom. The van der Waals surface area contributed by atoms with Gasteiger partial charge in [0.25, 0.3) is 0 Å². The van der Waals surface area contributed by atoms with Gasteiger partial charge in [0.2, 0.25) is 0 Å². The van der Waals surface area contributed by atoms with Crippen molar-refractivity contribution in [2.75, 3.05) is 27.2 Å². The first kappa shape index (κ1) is 16.3. The van der Waals surface area contributed by atoms with Crippen molar-refractivity contribution in [3.05, 3.63) is 70.8 Å². The van der Waals surface area contributed by atoms with Crippen LogP contribution in [0.5, 0.6) is 0 Å². The van der Waals surface area contributed by atoms with Gasteiger partial charge in [0.05, 0.1) is 27.2 Å². The molecule has 0 unspecified atom stereocenters. The maximum Gasteiger partial charge on any atom is 0.318 e. The van der Waals surface area contributed by atoms with Gasteiger partial charge >= 0.3 is 5.97 Å². The molecule has 25 heavy (non-hydrogen) atoms. The molecule has 0 atom stereocenters. The Kier molecular flexibility index (Phi) is 4.12. The molecule has 4 rings (SSSR count). The van der Waals surface area contributed by atoms with E-state index in [1.807, 2.05) is 12.1 Å². The summed E-state index contributed by atoms with van der Waals surface area (Å²) >= 11 is 0. The van der Waals surface area contributed by atoms with Gasteiger partial charge in [0, 0.05) is 12.8 Å². The molecule has 3 heteroatoms. The number of carbonyl (C=O) groups excluding carboxylic acids is 1. The number of benzene rings is 2. The van der Waals surface area contributed by atoms with E-state index in [1.54, 1.807) is 0 Å². The summed E-state index contributed by atoms with van der Waals surface area (Å²) in [4.78, 5) is 13.1. The van der Waals surface area contributed by atoms with Crippen LogP contribution < -0.4 is 0 Å². The van der Waals surface area contributed by atoms with Crippen LogP contribution in [0.1, 0.15) is 41.0 Å². The second-order valence-corrected chi connectivity index (χ2v) is 8.03. The Bertz CT molecular complexity index is 741. The van der Waals surface area contributed by atoms with Crippen molar-refractivity contribution >= 4 is 5.97 Å². The highest BCUT2D eigenvalue weighted by Crippen LogP contribution is 2.37. The molecule has 1 saturated heterocycles. The number of likely N-dealkylation sites (tertiary alicyclic amines) is 1. The van der Waals surface area contributed by atoms with Crippen molar-refractivity contribution < 1.29 is 14.0 Å². The maximum atomic E-state index is 13.1. The highest BCUT2D eigenvalue weighted by molar-refractivity contribution is 5.84. The quantitative estimate of drug-likeness (QED) is 0.620. The minimum Gasteiger partial charge on any atom is -0.461 e. The Morgan fingerprint density at radius 3 is 2.00 bits per heavy atom. The Morgan fingerprint density at radius 2 is 1.44 bits per heavy atom. The molecule has 1 heterocycles. The molecule has 0 N–H and O–H groups in total. The molecule has 1 aliphatic heterocycles. The fraction of sp³-hybridized carbons (Fsp3) is 0.409. The summed E-state index contributed by atoms with van der Waals surface area (Å²) in [5, 5.41) is 0. The second-order valence-electron chi connectivity index (χ2n) is 8.03. The van der Waals surface area contributed by atoms with Crippen LogP contribution in [-0.4, -0.2) is 43.7 Å². The highest BCUT2D eigenvalue weighted by atomic mass is 16.5. The average molecular weight is 336 g/mol. The molecular formula is C22H26NO2+. The molecule has 2 aromatic carbocycles. The van der Waals surface area contributed by atoms with Crippen molar-refractivity contribution in [1.82, 2.24) is 0 Å². The zero-order chi connectivity index (χ0) is 17.4. The lowest BCUT2D eigenvalue weighted by atomic mass is 9.78. The number of hydrogen-bond donors (Lipinski definition) is 0. The van der Waals surface area contributed by atoms with Crippen molar-refractivity contribution in [3.8, 4) is 0 Å². The van der Waals surface area contributed by atoms with Crippen LogP contribution in [0, 0.1) is 0 Å². The van der Waals surface area contributed by atoms with Crippen LogP contribution in [0.3, 0.4) is 0 Å². The summed E-state index contributed by atoms with van der Waals surface area (Å²) in [6.07, 6.45) is 2.86. The molecular weight excluding hydrogens is 310 g/mol. The van der Waals surface area contributed by atoms with E-state index >= 15 is 0 Å². The van der Waals surface area contributed by atoms with Crippen LogP contribution in [-0.2, 0) is 16.0 Å². The van der Waals surface area contributed by atoms with E-state index in [-0.39, 0.29) is 18.0 Å². The summed E-state index contributed by atoms with van der Waals surface area (Å²) in [5.74, 6) is -0.373. The maximum absolute atomic E-state index is 13.1. The van der Waals surface area contributed by atoms with Gasteiger partial charge in [-0.25, -0.2) is 0 Å². The molecule has 0 spiro atoms. The molecule has 1 aliphatic carbocycles. The number of fused-ring (bicyclic) bond motifs is 2. The Labute approximate surface area is 149 Å². The number of ether oxygens (including phenoxy) is 1. The number of piperidine rings is 1. The van der Waals surface area contributed by atoms with Crippen molar-refractivity contribution in [1.29, 1.82) is 0 Å². The fourth-order valence-corrected chi connectivity index (χ4v) is 4.17. The van der Waals surface area contributed by atoms with Crippen LogP contribution in [0.15, 0.2) is 48.5 Å². The third-order valence-corrected chi connectivity index (χ3v) is 5.74. The zero-order valence-corrected chi connectivity index (χ0v) is 15.1. The van der Waals surface area contributed by atoms with Crippen molar-refractivity contribution in [3.63, 3.8) is 0 Å². The van der Waals surface area contributed by atoms with Crippen LogP contribution in [0.25, 0.3) is 0 Å². The molecule has 130 valence electrons. The van der Waals surface area contributed by atoms with Crippen LogP contribution in [0.4, 0.5) is 0 Å². The summed E-state index contributed by atoms with van der Waals surface area (Å²) in [6.45, 7) is 2.13. The van der Waals surface area contributed by atoms with Crippen molar-refractivity contribution in [2.45, 2.75) is 31.3 Å². The normalized spacial score (nSPS) is 19.8. The first-order valence-corrected chi connectivity index (χ1v) is 9.22. The van der Waals surface area contributed by atoms with E-state index in [1.165, 1.54) is 11.1 Å². The van der Waals surface area contributed by atoms with Crippen LogP contribution in [0.2, 0.25) is 0 Å². The standard InChI is InChI=1S/C22H26NO2/c1-23(2)13-11-18(12-14-23)25-22(24)21-19-9-5-3-7-16(19)15-17-8-4-6-10-20(17)21/h3-10,18,21H,11-15H2,1-2H3/q+1. The monoisotopic (exact) mass is 336 g/mol. The van der Waals surface area contributed by atoms with Gasteiger partial charge in [-0.1, -0.05) is 48.5 Å². The van der Waals surface area contributed by atoms with E-state index < -0.39 is 0 Å². The Balaban J connectivity index is 1.60. The largest absolute Gasteiger partial charge is 0.461 e. The molecule has 2 aliphatic rings. The topological polar surface area (TPSA) is 26.3 Å². The number of nitrogens with zero attached hydrogens (tertiary/aromatic N) is 1. The lowest BCUT2D eigenvalue weighted by Gasteiger charge is -2.37. The predicted molar refractivity (Wildman–Crippen MR) is 98.5 cm³/mol. The summed E-state index contributed by atoms with van der Waals surface area (Å²) in [7, 11) is 4.48. The van der Waals surface area contributed by atoms with Gasteiger partial charge < -0.3 is 9.22 Å². The zero-order valence-electron chi connectivity index (χ0n) is 15.1. The highest BCUT2D eigenvalue weighted by Gasteiger charge is 2.35. The first-order valence-electron chi connectivity index (χ1n) is 9.22. The molecule has 0 bridgehead atoms. The second kappa shape index (κ2) is 6.30. The van der Waals surface area contributed by atoms with Gasteiger partial charge in [-0.2, -0.15) is 0 Å². The SMILES string of the molecule is C[N+]1(C)CCC(OC(=O)C2c3ccccc3Cc3ccccc32)CC1. The summed E-state index contributed by atoms with van der Waals surface area (Å²) in [6, 6.07) is 16.6. The van der Waals surface area contributed by atoms with Gasteiger partial charge in [-0.3, -0.25) is 4.79 Å². The van der Waals surface area contributed by atoms with E-state index in [9.17, 15) is 4.79 Å². The number of carbonyl (C=O) groups is 1. The smallest absolute Gasteiger partial charge is 0.318 e. The Hall–Kier alpha value is -2.13. The lowest BCUT2D eigenvalue weighted by Crippen LogP contribution is -2.48. The third-order valence-electron chi connectivity index (χ3n) is 5.74. The minimum absolute atomic E-state index is 0.0555. The average Bonchev–Trinajstić information content (AvgIpc) is 2.61. The molecule has 0 aromatic heterocycles. The molecule has 2 aromatic rings. The van der Waals surface area contributed by atoms with Gasteiger partial charge in [0.15, 0.2) is 0 Å². The number of hydrogen-bond acceptors (Lipinski definition) is 2. The molecule has 0 amide bonds. The number of rotatable bonds is 2. The van der Waals surface area contributed by atoms with E-state index in [2.05, 4.69) is 50.5 Å². The van der Waals surface area contributed by atoms with Gasteiger partial charge in [-0.15, -0.1) is 0 Å². The van der Waals surface area contributed by atoms with Gasteiger partial charge in [0.1, 0.15) is 12.0 Å². The van der Waals surface area contributed by atoms with Crippen LogP contribution >= 0.6 is 0 Å². The number of esters is 1. The van der Waals surface area contributed by atoms with E-state index in [4.69, 9.17) is 4.74 Å². The first-order chi connectivity index (χ1) is 12.0. The third kappa shape index (κ3) is 3.21. The van der Waals surface area contributed by atoms with E-state index in [0.29, 0.717) is 0 Å². The molecule has 1 fully saturated rings. The summed E-state index contributed by atoms with van der Waals surface area (Å²) < 4.78 is 7.01. The minimum atomic E-state index is -0.287. The van der Waals surface area contributed by atoms with Gasteiger partial charge in [-0.05, 0) is 28.7 Å². The summed E-state index contributed by atoms with van der Waals surface area (Å²) in [5.41, 5.74) is 4.70. The molecule has 0 saturated carbocycles. The van der Waals surface area contributed by atoms with E-state index in [0.717, 1.165) is 48.0 Å².